The zero-order chi connectivity index (χ0) is 22.1. The number of carbonyl (C=O) groups is 3. The van der Waals surface area contributed by atoms with Crippen molar-refractivity contribution in [3.8, 4) is 0 Å². The van der Waals surface area contributed by atoms with Gasteiger partial charge >= 0.3 is 10.8 Å². The van der Waals surface area contributed by atoms with Gasteiger partial charge < -0.3 is 9.72 Å². The number of carbonyl (C=O) groups excluding carboxylic acids is 3. The van der Waals surface area contributed by atoms with Crippen LogP contribution in [-0.4, -0.2) is 46.1 Å². The molecule has 2 amide bonds. The number of amides is 2. The highest BCUT2D eigenvalue weighted by molar-refractivity contribution is 8.00. The van der Waals surface area contributed by atoms with Gasteiger partial charge in [-0.2, -0.15) is 0 Å². The number of imide groups is 1. The van der Waals surface area contributed by atoms with Gasteiger partial charge in [-0.1, -0.05) is 17.4 Å². The SMILES string of the molecule is CCOC(=O)CCN1C(=O)[C@@H]2[C@H]3C[C@@H]([C@@H]2C1=O)[C@@H]1[C@@H](c2cccs2)c2sc(=O)[nH]c2S[C@H]31. The first-order chi connectivity index (χ1) is 15.5. The van der Waals surface area contributed by atoms with E-state index >= 15 is 0 Å². The summed E-state index contributed by atoms with van der Waals surface area (Å²) in [4.78, 5) is 57.2. The summed E-state index contributed by atoms with van der Waals surface area (Å²) >= 11 is 4.66. The average molecular weight is 491 g/mol. The van der Waals surface area contributed by atoms with E-state index in [1.165, 1.54) is 21.1 Å². The fourth-order valence-corrected chi connectivity index (χ4v) is 10.4. The molecule has 2 saturated carbocycles. The molecule has 2 aliphatic heterocycles. The smallest absolute Gasteiger partial charge is 0.307 e. The third-order valence-corrected chi connectivity index (χ3v) is 11.1. The van der Waals surface area contributed by atoms with Gasteiger partial charge in [0.25, 0.3) is 0 Å². The number of aromatic amines is 1. The molecule has 1 N–H and O–H groups in total. The van der Waals surface area contributed by atoms with Crippen LogP contribution >= 0.6 is 34.4 Å². The number of H-pyrrole nitrogens is 1. The van der Waals surface area contributed by atoms with Crippen LogP contribution in [0.1, 0.15) is 35.4 Å². The fourth-order valence-electron chi connectivity index (χ4n) is 6.52. The standard InChI is InChI=1S/C22H22N2O5S3/c1-2-29-12(25)5-6-24-20(26)14-9-8-10(15(14)21(24)27)17-13(9)16(11-4-3-7-30-11)18-19(31-17)23-22(28)32-18/h3-4,7,9-10,13-17H,2,5-6,8H2,1H3,(H,23,28)/t9-,10-,13-,14+,15-,16-,17-/m1/s1. The normalized spacial score (nSPS) is 34.5. The Labute approximate surface area is 196 Å². The Kier molecular flexibility index (Phi) is 4.89. The summed E-state index contributed by atoms with van der Waals surface area (Å²) in [5.74, 6) is -0.712. The highest BCUT2D eigenvalue weighted by Gasteiger charge is 2.69. The lowest BCUT2D eigenvalue weighted by atomic mass is 9.69. The minimum atomic E-state index is -0.386. The van der Waals surface area contributed by atoms with Crippen molar-refractivity contribution in [1.29, 1.82) is 0 Å². The van der Waals surface area contributed by atoms with Gasteiger partial charge in [0.05, 0.1) is 29.9 Å². The minimum Gasteiger partial charge on any atom is -0.466 e. The van der Waals surface area contributed by atoms with Gasteiger partial charge in [-0.15, -0.1) is 23.1 Å². The number of hydrogen-bond acceptors (Lipinski definition) is 8. The first-order valence-electron chi connectivity index (χ1n) is 10.9. The molecule has 1 saturated heterocycles. The van der Waals surface area contributed by atoms with Crippen LogP contribution in [0.3, 0.4) is 0 Å². The Morgan fingerprint density at radius 3 is 2.72 bits per heavy atom. The van der Waals surface area contributed by atoms with E-state index in [1.807, 2.05) is 6.07 Å². The number of nitrogens with zero attached hydrogens (tertiary/aromatic N) is 1. The van der Waals surface area contributed by atoms with Crippen LogP contribution < -0.4 is 4.87 Å². The zero-order valence-electron chi connectivity index (χ0n) is 17.3. The predicted molar refractivity (Wildman–Crippen MR) is 121 cm³/mol. The molecule has 2 aromatic heterocycles. The molecule has 10 heteroatoms. The molecule has 0 spiro atoms. The number of thioether (sulfide) groups is 1. The number of ether oxygens (including phenoxy) is 1. The molecule has 4 heterocycles. The highest BCUT2D eigenvalue weighted by Crippen LogP contribution is 2.68. The molecule has 2 bridgehead atoms. The van der Waals surface area contributed by atoms with Crippen molar-refractivity contribution >= 4 is 52.2 Å². The minimum absolute atomic E-state index is 0.0397. The molecule has 2 aliphatic carbocycles. The second-order valence-corrected chi connectivity index (χ2v) is 12.0. The van der Waals surface area contributed by atoms with E-state index in [0.717, 1.165) is 16.3 Å². The Balaban J connectivity index is 1.33. The quantitative estimate of drug-likeness (QED) is 0.511. The van der Waals surface area contributed by atoms with E-state index in [4.69, 9.17) is 4.74 Å². The molecule has 7 atom stereocenters. The molecule has 7 nitrogen and oxygen atoms in total. The van der Waals surface area contributed by atoms with Gasteiger partial charge in [-0.3, -0.25) is 24.1 Å². The van der Waals surface area contributed by atoms with Gasteiger partial charge in [0.2, 0.25) is 11.8 Å². The van der Waals surface area contributed by atoms with E-state index in [-0.39, 0.29) is 83.0 Å². The van der Waals surface area contributed by atoms with Crippen molar-refractivity contribution in [3.05, 3.63) is 36.9 Å². The van der Waals surface area contributed by atoms with Gasteiger partial charge in [0.1, 0.15) is 0 Å². The third-order valence-electron chi connectivity index (χ3n) is 7.51. The average Bonchev–Trinajstić information content (AvgIpc) is 3.55. The first-order valence-corrected chi connectivity index (χ1v) is 13.5. The molecule has 32 heavy (non-hydrogen) atoms. The van der Waals surface area contributed by atoms with E-state index in [2.05, 4.69) is 16.4 Å². The second-order valence-electron chi connectivity index (χ2n) is 8.86. The monoisotopic (exact) mass is 490 g/mol. The maximum absolute atomic E-state index is 13.4. The molecule has 4 aliphatic rings. The molecule has 168 valence electrons. The van der Waals surface area contributed by atoms with E-state index in [9.17, 15) is 19.2 Å². The summed E-state index contributed by atoms with van der Waals surface area (Å²) < 4.78 is 4.97. The molecule has 3 fully saturated rings. The molecule has 0 radical (unpaired) electrons. The lowest BCUT2D eigenvalue weighted by molar-refractivity contribution is -0.145. The number of nitrogens with one attached hydrogen (secondary N) is 1. The number of rotatable bonds is 5. The fraction of sp³-hybridized carbons (Fsp3) is 0.545. The van der Waals surface area contributed by atoms with Crippen molar-refractivity contribution < 1.29 is 19.1 Å². The van der Waals surface area contributed by atoms with Gasteiger partial charge in [-0.25, -0.2) is 0 Å². The molecule has 0 unspecified atom stereocenters. The molecule has 0 aromatic carbocycles. The number of aromatic nitrogens is 1. The summed E-state index contributed by atoms with van der Waals surface area (Å²) in [6, 6.07) is 4.15. The lowest BCUT2D eigenvalue weighted by Crippen LogP contribution is -2.42. The summed E-state index contributed by atoms with van der Waals surface area (Å²) in [5.41, 5.74) is 0. The lowest BCUT2D eigenvalue weighted by Gasteiger charge is -2.42. The van der Waals surface area contributed by atoms with Crippen LogP contribution in [0, 0.1) is 29.6 Å². The summed E-state index contributed by atoms with van der Waals surface area (Å²) in [6.45, 7) is 2.12. The van der Waals surface area contributed by atoms with E-state index in [1.54, 1.807) is 30.0 Å². The summed E-state index contributed by atoms with van der Waals surface area (Å²) in [5, 5.41) is 3.19. The van der Waals surface area contributed by atoms with Crippen molar-refractivity contribution in [3.63, 3.8) is 0 Å². The molecule has 6 rings (SSSR count). The van der Waals surface area contributed by atoms with Crippen LogP contribution in [0.15, 0.2) is 27.3 Å². The van der Waals surface area contributed by atoms with Crippen LogP contribution in [0.2, 0.25) is 0 Å². The van der Waals surface area contributed by atoms with E-state index in [0.29, 0.717) is 0 Å². The Morgan fingerprint density at radius 1 is 1.22 bits per heavy atom. The number of hydrogen-bond donors (Lipinski definition) is 1. The predicted octanol–water partition coefficient (Wildman–Crippen LogP) is 2.92. The zero-order valence-corrected chi connectivity index (χ0v) is 19.8. The van der Waals surface area contributed by atoms with Crippen molar-refractivity contribution in [2.24, 2.45) is 29.6 Å². The number of thiophene rings is 1. The topological polar surface area (TPSA) is 96.5 Å². The maximum Gasteiger partial charge on any atom is 0.307 e. The van der Waals surface area contributed by atoms with Crippen LogP contribution in [0.25, 0.3) is 0 Å². The number of thiazole rings is 1. The number of likely N-dealkylation sites (tertiary alicyclic amines) is 1. The maximum atomic E-state index is 13.4. The van der Waals surface area contributed by atoms with Gasteiger partial charge in [0.15, 0.2) is 0 Å². The van der Waals surface area contributed by atoms with Gasteiger partial charge in [0, 0.05) is 27.5 Å². The largest absolute Gasteiger partial charge is 0.466 e. The number of fused-ring (bicyclic) bond motifs is 9. The Morgan fingerprint density at radius 2 is 2.00 bits per heavy atom. The first kappa shape index (κ1) is 20.7. The molecular weight excluding hydrogens is 468 g/mol. The molecular formula is C22H22N2O5S3. The third kappa shape index (κ3) is 2.85. The Hall–Kier alpha value is -1.91. The van der Waals surface area contributed by atoms with Crippen molar-refractivity contribution in [2.75, 3.05) is 13.2 Å². The van der Waals surface area contributed by atoms with Crippen LogP contribution in [-0.2, 0) is 19.1 Å². The molecule has 2 aromatic rings. The van der Waals surface area contributed by atoms with Crippen LogP contribution in [0.5, 0.6) is 0 Å². The van der Waals surface area contributed by atoms with Crippen molar-refractivity contribution in [2.45, 2.75) is 36.0 Å². The van der Waals surface area contributed by atoms with Gasteiger partial charge in [-0.05, 0) is 42.5 Å². The van der Waals surface area contributed by atoms with Crippen LogP contribution in [0.4, 0.5) is 0 Å². The summed E-state index contributed by atoms with van der Waals surface area (Å²) in [7, 11) is 0. The highest BCUT2D eigenvalue weighted by atomic mass is 32.2. The van der Waals surface area contributed by atoms with Crippen molar-refractivity contribution in [1.82, 2.24) is 9.88 Å². The summed E-state index contributed by atoms with van der Waals surface area (Å²) in [6.07, 6.45) is 0.917. The second kappa shape index (κ2) is 7.56. The van der Waals surface area contributed by atoms with E-state index < -0.39 is 0 Å². The Bertz CT molecular complexity index is 1150. The number of esters is 1.